The smallest absolute Gasteiger partial charge is 0.322 e. The summed E-state index contributed by atoms with van der Waals surface area (Å²) in [6.07, 6.45) is 9.44. The van der Waals surface area contributed by atoms with E-state index in [1.165, 1.54) is 5.57 Å². The van der Waals surface area contributed by atoms with E-state index in [2.05, 4.69) is 32.2 Å². The van der Waals surface area contributed by atoms with Crippen molar-refractivity contribution < 1.29 is 24.6 Å². The van der Waals surface area contributed by atoms with Crippen molar-refractivity contribution in [3.8, 4) is 0 Å². The molecule has 0 saturated carbocycles. The highest BCUT2D eigenvalue weighted by atomic mass is 16.4. The Morgan fingerprint density at radius 1 is 1.38 bits per heavy atom. The maximum atomic E-state index is 12.2. The monoisotopic (exact) mass is 401 g/mol. The summed E-state index contributed by atoms with van der Waals surface area (Å²) in [4.78, 5) is 34.8. The van der Waals surface area contributed by atoms with E-state index >= 15 is 0 Å². The van der Waals surface area contributed by atoms with Gasteiger partial charge in [0.05, 0.1) is 11.3 Å². The van der Waals surface area contributed by atoms with Crippen molar-refractivity contribution in [1.82, 2.24) is 5.32 Å². The van der Waals surface area contributed by atoms with Crippen LogP contribution in [-0.2, 0) is 14.4 Å². The summed E-state index contributed by atoms with van der Waals surface area (Å²) < 4.78 is 0. The Labute approximate surface area is 172 Å². The van der Waals surface area contributed by atoms with Gasteiger partial charge in [0.2, 0.25) is 11.6 Å². The number of ketones is 2. The van der Waals surface area contributed by atoms with E-state index in [0.29, 0.717) is 5.92 Å². The first kappa shape index (κ1) is 22.7. The summed E-state index contributed by atoms with van der Waals surface area (Å²) in [5.74, 6) is -2.46. The Balaban J connectivity index is 2.06. The molecule has 0 bridgehead atoms. The predicted molar refractivity (Wildman–Crippen MR) is 111 cm³/mol. The van der Waals surface area contributed by atoms with Gasteiger partial charge in [-0.05, 0) is 57.3 Å². The number of aliphatic hydroxyl groups excluding tert-OH is 1. The second-order valence-corrected chi connectivity index (χ2v) is 8.44. The Kier molecular flexibility index (Phi) is 7.22. The molecule has 0 heterocycles. The van der Waals surface area contributed by atoms with Crippen LogP contribution in [-0.4, -0.2) is 34.3 Å². The number of aliphatic hydroxyl groups is 1. The van der Waals surface area contributed by atoms with Crippen LogP contribution in [0.4, 0.5) is 0 Å². The molecule has 0 amide bonds. The van der Waals surface area contributed by atoms with Crippen LogP contribution in [0.1, 0.15) is 59.8 Å². The van der Waals surface area contributed by atoms with Crippen molar-refractivity contribution in [1.29, 1.82) is 0 Å². The quantitative estimate of drug-likeness (QED) is 0.323. The average Bonchev–Trinajstić information content (AvgIpc) is 2.66. The van der Waals surface area contributed by atoms with Gasteiger partial charge in [-0.2, -0.15) is 0 Å². The molecule has 2 rings (SSSR count). The molecule has 29 heavy (non-hydrogen) atoms. The van der Waals surface area contributed by atoms with Crippen molar-refractivity contribution in [3.63, 3.8) is 0 Å². The highest BCUT2D eigenvalue weighted by molar-refractivity contribution is 6.48. The van der Waals surface area contributed by atoms with E-state index in [0.717, 1.165) is 37.3 Å². The molecule has 2 aliphatic rings. The van der Waals surface area contributed by atoms with Gasteiger partial charge in [0.15, 0.2) is 0 Å². The van der Waals surface area contributed by atoms with Crippen molar-refractivity contribution in [2.45, 2.75) is 59.8 Å². The van der Waals surface area contributed by atoms with Gasteiger partial charge >= 0.3 is 5.97 Å². The number of carbonyl (C=O) groups excluding carboxylic acids is 2. The van der Waals surface area contributed by atoms with Crippen LogP contribution in [0, 0.1) is 11.3 Å². The molecular formula is C23H31NO5. The molecule has 0 aliphatic heterocycles. The highest BCUT2D eigenvalue weighted by Crippen LogP contribution is 2.44. The minimum Gasteiger partial charge on any atom is -0.505 e. The Bertz CT molecular complexity index is 830. The van der Waals surface area contributed by atoms with Gasteiger partial charge in [-0.1, -0.05) is 37.1 Å². The third kappa shape index (κ3) is 5.46. The number of carboxylic acid groups (broad SMARTS) is 1. The number of rotatable bonds is 8. The second-order valence-electron chi connectivity index (χ2n) is 8.44. The Hall–Kier alpha value is -2.63. The van der Waals surface area contributed by atoms with Crippen LogP contribution in [0.2, 0.25) is 0 Å². The van der Waals surface area contributed by atoms with Gasteiger partial charge in [0.1, 0.15) is 12.3 Å². The van der Waals surface area contributed by atoms with E-state index in [1.807, 2.05) is 13.0 Å². The van der Waals surface area contributed by atoms with Crippen LogP contribution < -0.4 is 5.32 Å². The number of hydrogen-bond donors (Lipinski definition) is 3. The van der Waals surface area contributed by atoms with Gasteiger partial charge in [-0.3, -0.25) is 14.4 Å². The standard InChI is InChI=1S/C23H31NO5/c1-14(9-11-23(4)10-5-6-15(2)16(23)3)7-8-17-21(28)18(24-13-20(26)27)12-19(25)22(17)29/h6-7,12,16,24,28H,5,8-11,13H2,1-4H3,(H,26,27). The molecule has 2 aliphatic carbocycles. The zero-order chi connectivity index (χ0) is 21.8. The third-order valence-electron chi connectivity index (χ3n) is 6.40. The lowest BCUT2D eigenvalue weighted by Crippen LogP contribution is -2.30. The van der Waals surface area contributed by atoms with Crippen molar-refractivity contribution in [2.75, 3.05) is 6.54 Å². The van der Waals surface area contributed by atoms with Crippen LogP contribution in [0.3, 0.4) is 0 Å². The predicted octanol–water partition coefficient (Wildman–Crippen LogP) is 4.01. The normalized spacial score (nSPS) is 25.7. The van der Waals surface area contributed by atoms with Crippen LogP contribution in [0.15, 0.2) is 46.4 Å². The van der Waals surface area contributed by atoms with E-state index in [1.54, 1.807) is 0 Å². The molecular weight excluding hydrogens is 370 g/mol. The van der Waals surface area contributed by atoms with Crippen molar-refractivity contribution in [3.05, 3.63) is 46.4 Å². The SMILES string of the molecule is CC(=CCC1=C(O)C(NCC(=O)O)=CC(=O)C1=O)CCC1(C)CCC=C(C)C1C. The summed E-state index contributed by atoms with van der Waals surface area (Å²) in [6.45, 7) is 8.33. The fourth-order valence-electron chi connectivity index (χ4n) is 3.95. The van der Waals surface area contributed by atoms with Crippen molar-refractivity contribution in [2.24, 2.45) is 11.3 Å². The summed E-state index contributed by atoms with van der Waals surface area (Å²) in [5, 5.41) is 21.6. The number of allylic oxidation sites excluding steroid dienone is 6. The maximum absolute atomic E-state index is 12.2. The van der Waals surface area contributed by atoms with Crippen LogP contribution in [0.5, 0.6) is 0 Å². The number of hydrogen-bond acceptors (Lipinski definition) is 5. The molecule has 0 aromatic heterocycles. The van der Waals surface area contributed by atoms with E-state index in [4.69, 9.17) is 5.11 Å². The Morgan fingerprint density at radius 3 is 2.72 bits per heavy atom. The molecule has 6 heteroatoms. The van der Waals surface area contributed by atoms with Gasteiger partial charge in [-0.25, -0.2) is 0 Å². The lowest BCUT2D eigenvalue weighted by molar-refractivity contribution is -0.135. The first-order valence-electron chi connectivity index (χ1n) is 10.1. The summed E-state index contributed by atoms with van der Waals surface area (Å²) in [5.41, 5.74) is 2.75. The summed E-state index contributed by atoms with van der Waals surface area (Å²) in [6, 6.07) is 0. The van der Waals surface area contributed by atoms with Gasteiger partial charge in [0.25, 0.3) is 0 Å². The van der Waals surface area contributed by atoms with E-state index < -0.39 is 24.1 Å². The minimum absolute atomic E-state index is 0.000706. The van der Waals surface area contributed by atoms with Crippen LogP contribution in [0.25, 0.3) is 0 Å². The molecule has 6 nitrogen and oxygen atoms in total. The summed E-state index contributed by atoms with van der Waals surface area (Å²) in [7, 11) is 0. The highest BCUT2D eigenvalue weighted by Gasteiger charge is 2.33. The summed E-state index contributed by atoms with van der Waals surface area (Å²) >= 11 is 0. The lowest BCUT2D eigenvalue weighted by atomic mass is 9.65. The second kappa shape index (κ2) is 9.25. The molecule has 0 aromatic rings. The van der Waals surface area contributed by atoms with Gasteiger partial charge in [0, 0.05) is 6.08 Å². The van der Waals surface area contributed by atoms with Crippen LogP contribution >= 0.6 is 0 Å². The molecule has 3 N–H and O–H groups in total. The topological polar surface area (TPSA) is 104 Å². The molecule has 2 atom stereocenters. The molecule has 158 valence electrons. The van der Waals surface area contributed by atoms with Crippen molar-refractivity contribution >= 4 is 17.5 Å². The fraction of sp³-hybridized carbons (Fsp3) is 0.522. The van der Waals surface area contributed by atoms with E-state index in [9.17, 15) is 19.5 Å². The zero-order valence-corrected chi connectivity index (χ0v) is 17.7. The van der Waals surface area contributed by atoms with Gasteiger partial charge in [-0.15, -0.1) is 0 Å². The largest absolute Gasteiger partial charge is 0.505 e. The number of aliphatic carboxylic acids is 1. The molecule has 0 spiro atoms. The first-order chi connectivity index (χ1) is 13.5. The van der Waals surface area contributed by atoms with E-state index in [-0.39, 0.29) is 28.9 Å². The number of Topliss-reactive ketones (excluding diaryl/α,β-unsaturated/α-hetero) is 1. The minimum atomic E-state index is -1.13. The molecule has 0 saturated heterocycles. The zero-order valence-electron chi connectivity index (χ0n) is 17.7. The average molecular weight is 402 g/mol. The number of carbonyl (C=O) groups is 3. The van der Waals surface area contributed by atoms with Gasteiger partial charge < -0.3 is 15.5 Å². The Morgan fingerprint density at radius 2 is 2.07 bits per heavy atom. The number of carboxylic acids is 1. The molecule has 0 radical (unpaired) electrons. The maximum Gasteiger partial charge on any atom is 0.322 e. The third-order valence-corrected chi connectivity index (χ3v) is 6.40. The number of nitrogens with one attached hydrogen (secondary N) is 1. The molecule has 2 unspecified atom stereocenters. The molecule has 0 fully saturated rings. The fourth-order valence-corrected chi connectivity index (χ4v) is 3.95. The molecule has 0 aromatic carbocycles. The first-order valence-corrected chi connectivity index (χ1v) is 10.1. The lowest BCUT2D eigenvalue weighted by Gasteiger charge is -2.40.